The number of hydrazine groups is 1. The first-order chi connectivity index (χ1) is 11.0. The molecule has 0 heterocycles. The number of nitrogens with one attached hydrogen (secondary N) is 2. The lowest BCUT2D eigenvalue weighted by molar-refractivity contribution is -0.130. The van der Waals surface area contributed by atoms with Crippen molar-refractivity contribution in [2.24, 2.45) is 0 Å². The molecule has 2 N–H and O–H groups in total. The van der Waals surface area contributed by atoms with Gasteiger partial charge in [-0.05, 0) is 47.0 Å². The van der Waals surface area contributed by atoms with Gasteiger partial charge in [0.25, 0.3) is 5.91 Å². The molecule has 128 valence electrons. The van der Waals surface area contributed by atoms with E-state index in [1.165, 1.54) is 12.8 Å². The van der Waals surface area contributed by atoms with Crippen LogP contribution in [0.1, 0.15) is 51.0 Å². The molecule has 0 bridgehead atoms. The van der Waals surface area contributed by atoms with Gasteiger partial charge < -0.3 is 4.74 Å². The van der Waals surface area contributed by atoms with Gasteiger partial charge in [-0.25, -0.2) is 0 Å². The van der Waals surface area contributed by atoms with Crippen molar-refractivity contribution in [1.82, 2.24) is 10.9 Å². The first-order valence-corrected chi connectivity index (χ1v) is 8.79. The smallest absolute Gasteiger partial charge is 0.276 e. The normalized spacial score (nSPS) is 10.2. The van der Waals surface area contributed by atoms with E-state index >= 15 is 0 Å². The number of rotatable bonds is 9. The molecule has 0 fully saturated rings. The molecule has 1 aromatic rings. The number of unbranched alkanes of at least 4 members (excludes halogenated alkanes) is 4. The van der Waals surface area contributed by atoms with E-state index in [1.54, 1.807) is 6.07 Å². The van der Waals surface area contributed by atoms with Crippen LogP contribution < -0.4 is 15.6 Å². The fraction of sp³-hybridized carbons (Fsp3) is 0.529. The SMILES string of the molecule is CCCCCCCC(=O)NNC(=O)COc1ccc(C)cc1Br. The van der Waals surface area contributed by atoms with Gasteiger partial charge >= 0.3 is 0 Å². The largest absolute Gasteiger partial charge is 0.483 e. The van der Waals surface area contributed by atoms with Gasteiger partial charge in [0.05, 0.1) is 4.47 Å². The number of hydrogen-bond donors (Lipinski definition) is 2. The minimum Gasteiger partial charge on any atom is -0.483 e. The highest BCUT2D eigenvalue weighted by Crippen LogP contribution is 2.25. The summed E-state index contributed by atoms with van der Waals surface area (Å²) in [6.07, 6.45) is 5.83. The summed E-state index contributed by atoms with van der Waals surface area (Å²) in [6.45, 7) is 3.97. The van der Waals surface area contributed by atoms with Crippen LogP contribution in [0.25, 0.3) is 0 Å². The van der Waals surface area contributed by atoms with E-state index < -0.39 is 5.91 Å². The van der Waals surface area contributed by atoms with Crippen molar-refractivity contribution in [1.29, 1.82) is 0 Å². The predicted octanol–water partition coefficient (Wildman–Crippen LogP) is 3.64. The Hall–Kier alpha value is -1.56. The third kappa shape index (κ3) is 8.59. The molecule has 0 saturated heterocycles. The molecule has 0 aliphatic heterocycles. The maximum atomic E-state index is 11.6. The Morgan fingerprint density at radius 1 is 1.09 bits per heavy atom. The molecule has 0 aliphatic carbocycles. The first-order valence-electron chi connectivity index (χ1n) is 7.99. The average molecular weight is 385 g/mol. The molecule has 0 unspecified atom stereocenters. The summed E-state index contributed by atoms with van der Waals surface area (Å²) in [7, 11) is 0. The second-order valence-corrected chi connectivity index (χ2v) is 6.34. The van der Waals surface area contributed by atoms with Crippen LogP contribution in [0.3, 0.4) is 0 Å². The van der Waals surface area contributed by atoms with Gasteiger partial charge in [0.15, 0.2) is 6.61 Å². The Kier molecular flexibility index (Phi) is 9.36. The van der Waals surface area contributed by atoms with Crippen LogP contribution in [0.5, 0.6) is 5.75 Å². The van der Waals surface area contributed by atoms with Crippen molar-refractivity contribution in [2.45, 2.75) is 52.4 Å². The Bertz CT molecular complexity index is 521. The monoisotopic (exact) mass is 384 g/mol. The lowest BCUT2D eigenvalue weighted by atomic mass is 10.1. The van der Waals surface area contributed by atoms with E-state index in [0.29, 0.717) is 12.2 Å². The van der Waals surface area contributed by atoms with E-state index in [-0.39, 0.29) is 12.5 Å². The fourth-order valence-electron chi connectivity index (χ4n) is 1.99. The van der Waals surface area contributed by atoms with Crippen molar-refractivity contribution >= 4 is 27.7 Å². The fourth-order valence-corrected chi connectivity index (χ4v) is 2.60. The van der Waals surface area contributed by atoms with E-state index in [9.17, 15) is 9.59 Å². The van der Waals surface area contributed by atoms with Gasteiger partial charge in [-0.2, -0.15) is 0 Å². The quantitative estimate of drug-likeness (QED) is 0.504. The molecule has 0 atom stereocenters. The number of amides is 2. The Morgan fingerprint density at radius 3 is 2.48 bits per heavy atom. The van der Waals surface area contributed by atoms with Crippen LogP contribution in [0, 0.1) is 6.92 Å². The molecule has 1 rings (SSSR count). The number of carbonyl (C=O) groups excluding carboxylic acids is 2. The number of ether oxygens (including phenoxy) is 1. The molecular weight excluding hydrogens is 360 g/mol. The first kappa shape index (κ1) is 19.5. The van der Waals surface area contributed by atoms with E-state index in [0.717, 1.165) is 29.3 Å². The molecule has 5 nitrogen and oxygen atoms in total. The van der Waals surface area contributed by atoms with Crippen molar-refractivity contribution in [3.05, 3.63) is 28.2 Å². The summed E-state index contributed by atoms with van der Waals surface area (Å²) in [5, 5.41) is 0. The maximum Gasteiger partial charge on any atom is 0.276 e. The van der Waals surface area contributed by atoms with Gasteiger partial charge in [-0.1, -0.05) is 38.7 Å². The van der Waals surface area contributed by atoms with Crippen molar-refractivity contribution < 1.29 is 14.3 Å². The predicted molar refractivity (Wildman–Crippen MR) is 94.0 cm³/mol. The van der Waals surface area contributed by atoms with Crippen LogP contribution in [0.4, 0.5) is 0 Å². The molecule has 0 aliphatic rings. The van der Waals surface area contributed by atoms with Crippen LogP contribution in [0.2, 0.25) is 0 Å². The molecule has 0 radical (unpaired) electrons. The zero-order chi connectivity index (χ0) is 17.1. The molecule has 23 heavy (non-hydrogen) atoms. The summed E-state index contributed by atoms with van der Waals surface area (Å²) in [5.74, 6) is 0.0242. The molecule has 0 aromatic heterocycles. The average Bonchev–Trinajstić information content (AvgIpc) is 2.52. The molecular formula is C17H25BrN2O3. The Balaban J connectivity index is 2.17. The number of carbonyl (C=O) groups is 2. The molecule has 6 heteroatoms. The van der Waals surface area contributed by atoms with Crippen LogP contribution in [-0.2, 0) is 9.59 Å². The summed E-state index contributed by atoms with van der Waals surface area (Å²) in [6, 6.07) is 5.60. The molecule has 2 amide bonds. The number of hydrogen-bond acceptors (Lipinski definition) is 3. The van der Waals surface area contributed by atoms with Gasteiger partial charge in [0.2, 0.25) is 5.91 Å². The third-order valence-corrected chi connectivity index (χ3v) is 3.91. The second-order valence-electron chi connectivity index (χ2n) is 5.48. The van der Waals surface area contributed by atoms with Crippen LogP contribution >= 0.6 is 15.9 Å². The van der Waals surface area contributed by atoms with Crippen LogP contribution in [0.15, 0.2) is 22.7 Å². The zero-order valence-electron chi connectivity index (χ0n) is 13.8. The lowest BCUT2D eigenvalue weighted by Crippen LogP contribution is -2.43. The van der Waals surface area contributed by atoms with Gasteiger partial charge in [-0.3, -0.25) is 20.4 Å². The van der Waals surface area contributed by atoms with Gasteiger partial charge in [0, 0.05) is 6.42 Å². The highest BCUT2D eigenvalue weighted by atomic mass is 79.9. The van der Waals surface area contributed by atoms with Crippen molar-refractivity contribution in [2.75, 3.05) is 6.61 Å². The van der Waals surface area contributed by atoms with E-state index in [1.807, 2.05) is 19.1 Å². The lowest BCUT2D eigenvalue weighted by Gasteiger charge is -2.10. The van der Waals surface area contributed by atoms with E-state index in [2.05, 4.69) is 33.7 Å². The Labute approximate surface area is 146 Å². The zero-order valence-corrected chi connectivity index (χ0v) is 15.4. The molecule has 0 saturated carbocycles. The summed E-state index contributed by atoms with van der Waals surface area (Å²) in [5.41, 5.74) is 5.86. The third-order valence-electron chi connectivity index (χ3n) is 3.29. The highest BCUT2D eigenvalue weighted by molar-refractivity contribution is 9.10. The molecule has 1 aromatic carbocycles. The molecule has 0 spiro atoms. The number of halogens is 1. The Morgan fingerprint density at radius 2 is 1.78 bits per heavy atom. The summed E-state index contributed by atoms with van der Waals surface area (Å²) < 4.78 is 6.19. The van der Waals surface area contributed by atoms with E-state index in [4.69, 9.17) is 4.74 Å². The minimum atomic E-state index is -0.392. The maximum absolute atomic E-state index is 11.6. The summed E-state index contributed by atoms with van der Waals surface area (Å²) >= 11 is 3.38. The number of benzene rings is 1. The van der Waals surface area contributed by atoms with Crippen molar-refractivity contribution in [3.8, 4) is 5.75 Å². The highest BCUT2D eigenvalue weighted by Gasteiger charge is 2.07. The van der Waals surface area contributed by atoms with Gasteiger partial charge in [-0.15, -0.1) is 0 Å². The second kappa shape index (κ2) is 11.0. The van der Waals surface area contributed by atoms with Crippen molar-refractivity contribution in [3.63, 3.8) is 0 Å². The van der Waals surface area contributed by atoms with Crippen LogP contribution in [-0.4, -0.2) is 18.4 Å². The topological polar surface area (TPSA) is 67.4 Å². The summed E-state index contributed by atoms with van der Waals surface area (Å²) in [4.78, 5) is 23.2. The minimum absolute atomic E-state index is 0.154. The van der Waals surface area contributed by atoms with Gasteiger partial charge in [0.1, 0.15) is 5.75 Å². The number of aryl methyl sites for hydroxylation is 1. The standard InChI is InChI=1S/C17H25BrN2O3/c1-3-4-5-6-7-8-16(21)19-20-17(22)12-23-15-10-9-13(2)11-14(15)18/h9-11H,3-8,12H2,1-2H3,(H,19,21)(H,20,22).